The van der Waals surface area contributed by atoms with Gasteiger partial charge in [0, 0.05) is 29.2 Å². The third-order valence-corrected chi connectivity index (χ3v) is 7.93. The molecule has 2 fully saturated rings. The molecule has 0 radical (unpaired) electrons. The Labute approximate surface area is 237 Å². The third kappa shape index (κ3) is 7.41. The van der Waals surface area contributed by atoms with E-state index in [0.29, 0.717) is 23.3 Å². The molecule has 0 aromatic heterocycles. The van der Waals surface area contributed by atoms with Gasteiger partial charge < -0.3 is 25.2 Å². The number of anilines is 1. The van der Waals surface area contributed by atoms with Crippen molar-refractivity contribution in [2.24, 2.45) is 0 Å². The minimum absolute atomic E-state index is 0.0125. The normalized spacial score (nSPS) is 22.3. The van der Waals surface area contributed by atoms with Crippen molar-refractivity contribution in [3.63, 3.8) is 0 Å². The number of halogens is 4. The van der Waals surface area contributed by atoms with Crippen LogP contribution in [0.4, 0.5) is 28.0 Å². The molecule has 1 aliphatic heterocycles. The van der Waals surface area contributed by atoms with Crippen LogP contribution in [0.25, 0.3) is 0 Å². The lowest BCUT2D eigenvalue weighted by Crippen LogP contribution is -2.54. The van der Waals surface area contributed by atoms with Crippen molar-refractivity contribution in [3.05, 3.63) is 53.3 Å². The number of benzene rings is 2. The summed E-state index contributed by atoms with van der Waals surface area (Å²) >= 11 is 0. The van der Waals surface area contributed by atoms with Gasteiger partial charge >= 0.3 is 18.2 Å². The zero-order chi connectivity index (χ0) is 30.5. The van der Waals surface area contributed by atoms with Crippen molar-refractivity contribution >= 4 is 17.7 Å². The van der Waals surface area contributed by atoms with E-state index in [1.54, 1.807) is 33.3 Å². The van der Waals surface area contributed by atoms with E-state index in [1.165, 1.54) is 11.6 Å². The van der Waals surface area contributed by atoms with Gasteiger partial charge in [-0.05, 0) is 88.4 Å². The lowest BCUT2D eigenvalue weighted by atomic mass is 9.65. The molecule has 3 atom stereocenters. The van der Waals surface area contributed by atoms with Crippen molar-refractivity contribution in [3.8, 4) is 11.5 Å². The van der Waals surface area contributed by atoms with Gasteiger partial charge in [0.05, 0.1) is 14.2 Å². The molecular weight excluding hydrogens is 546 g/mol. The first-order chi connectivity index (χ1) is 19.2. The maximum absolute atomic E-state index is 13.9. The van der Waals surface area contributed by atoms with E-state index in [1.807, 2.05) is 6.07 Å². The highest BCUT2D eigenvalue weighted by Gasteiger charge is 2.52. The summed E-state index contributed by atoms with van der Waals surface area (Å²) in [6.45, 7) is 7.20. The zero-order valence-electron chi connectivity index (χ0n) is 23.8. The zero-order valence-corrected chi connectivity index (χ0v) is 23.8. The lowest BCUT2D eigenvalue weighted by Gasteiger charge is -2.46. The van der Waals surface area contributed by atoms with Crippen LogP contribution in [0.1, 0.15) is 50.7 Å². The first kappa shape index (κ1) is 32.0. The highest BCUT2D eigenvalue weighted by atomic mass is 19.4. The van der Waals surface area contributed by atoms with E-state index in [9.17, 15) is 22.4 Å². The van der Waals surface area contributed by atoms with Gasteiger partial charge in [-0.15, -0.1) is 0 Å². The standard InChI is InChI=1S/C27H36FN3O3.C2HF3O2/c1-17(2)31-13-12-27(19-7-9-23(33-4)24(14-19)34-5)11-10-21(16-25(27)31)30-26(32)29-20-8-6-18(3)22(28)15-20;3-2(4,5)1(6)7/h6-9,14-15,17,21,25H,10-13,16H2,1-5H3,(H2,29,30,32);(H,6,7)/t21-,25+,27+;/m1./s1. The fraction of sp³-hybridized carbons (Fsp3) is 0.517. The van der Waals surface area contributed by atoms with E-state index in [2.05, 4.69) is 41.5 Å². The predicted octanol–water partition coefficient (Wildman–Crippen LogP) is 5.88. The van der Waals surface area contributed by atoms with Crippen LogP contribution in [0.3, 0.4) is 0 Å². The van der Waals surface area contributed by atoms with Crippen LogP contribution in [-0.4, -0.2) is 67.1 Å². The van der Waals surface area contributed by atoms with Crippen LogP contribution in [0.5, 0.6) is 11.5 Å². The molecule has 226 valence electrons. The lowest BCUT2D eigenvalue weighted by molar-refractivity contribution is -0.192. The van der Waals surface area contributed by atoms with Gasteiger partial charge in [0.2, 0.25) is 0 Å². The topological polar surface area (TPSA) is 100 Å². The molecule has 8 nitrogen and oxygen atoms in total. The van der Waals surface area contributed by atoms with Gasteiger partial charge in [-0.2, -0.15) is 13.2 Å². The number of carbonyl (C=O) groups excluding carboxylic acids is 1. The molecule has 0 unspecified atom stereocenters. The van der Waals surface area contributed by atoms with Gasteiger partial charge in [-0.25, -0.2) is 14.0 Å². The van der Waals surface area contributed by atoms with Crippen molar-refractivity contribution in [2.45, 2.75) is 76.2 Å². The summed E-state index contributed by atoms with van der Waals surface area (Å²) in [5, 5.41) is 13.0. The first-order valence-electron chi connectivity index (χ1n) is 13.3. The average Bonchev–Trinajstić information content (AvgIpc) is 3.30. The summed E-state index contributed by atoms with van der Waals surface area (Å²) in [6.07, 6.45) is -1.29. The van der Waals surface area contributed by atoms with E-state index in [0.717, 1.165) is 43.7 Å². The van der Waals surface area contributed by atoms with Crippen LogP contribution in [0, 0.1) is 12.7 Å². The highest BCUT2D eigenvalue weighted by molar-refractivity contribution is 5.89. The molecule has 1 heterocycles. The minimum atomic E-state index is -5.08. The number of alkyl halides is 3. The molecule has 2 amide bonds. The minimum Gasteiger partial charge on any atom is -0.493 e. The molecule has 41 heavy (non-hydrogen) atoms. The number of rotatable bonds is 6. The molecule has 2 aliphatic rings. The molecular formula is C29H37F4N3O5. The van der Waals surface area contributed by atoms with Crippen molar-refractivity contribution in [1.29, 1.82) is 0 Å². The summed E-state index contributed by atoms with van der Waals surface area (Å²) in [6, 6.07) is 11.5. The van der Waals surface area contributed by atoms with Crippen LogP contribution < -0.4 is 20.1 Å². The number of ether oxygens (including phenoxy) is 2. The second-order valence-electron chi connectivity index (χ2n) is 10.7. The first-order valence-corrected chi connectivity index (χ1v) is 13.3. The number of aryl methyl sites for hydroxylation is 1. The van der Waals surface area contributed by atoms with Crippen LogP contribution >= 0.6 is 0 Å². The van der Waals surface area contributed by atoms with Crippen LogP contribution in [-0.2, 0) is 10.2 Å². The molecule has 2 aromatic carbocycles. The Morgan fingerprint density at radius 1 is 1.07 bits per heavy atom. The van der Waals surface area contributed by atoms with Crippen molar-refractivity contribution in [1.82, 2.24) is 10.2 Å². The molecule has 1 saturated heterocycles. The summed E-state index contributed by atoms with van der Waals surface area (Å²) < 4.78 is 56.7. The molecule has 1 aliphatic carbocycles. The number of fused-ring (bicyclic) bond motifs is 1. The Morgan fingerprint density at radius 3 is 2.29 bits per heavy atom. The number of carboxylic acids is 1. The van der Waals surface area contributed by atoms with Crippen molar-refractivity contribution in [2.75, 3.05) is 26.1 Å². The Hall–Kier alpha value is -3.54. The summed E-state index contributed by atoms with van der Waals surface area (Å²) in [7, 11) is 3.33. The quantitative estimate of drug-likeness (QED) is 0.368. The van der Waals surface area contributed by atoms with Gasteiger partial charge in [0.25, 0.3) is 0 Å². The summed E-state index contributed by atoms with van der Waals surface area (Å²) in [5.41, 5.74) is 2.30. The molecule has 3 N–H and O–H groups in total. The van der Waals surface area contributed by atoms with E-state index in [-0.39, 0.29) is 23.3 Å². The van der Waals surface area contributed by atoms with Gasteiger partial charge in [0.15, 0.2) is 11.5 Å². The number of nitrogens with one attached hydrogen (secondary N) is 2. The average molecular weight is 584 g/mol. The number of carbonyl (C=O) groups is 2. The highest BCUT2D eigenvalue weighted by Crippen LogP contribution is 2.50. The third-order valence-electron chi connectivity index (χ3n) is 7.93. The van der Waals surface area contributed by atoms with Crippen LogP contribution in [0.2, 0.25) is 0 Å². The predicted molar refractivity (Wildman–Crippen MR) is 146 cm³/mol. The molecule has 12 heteroatoms. The van der Waals surface area contributed by atoms with E-state index in [4.69, 9.17) is 19.4 Å². The maximum atomic E-state index is 13.9. The number of nitrogens with zero attached hydrogens (tertiary/aromatic N) is 1. The number of amides is 2. The number of carboxylic acid groups (broad SMARTS) is 1. The number of urea groups is 1. The fourth-order valence-corrected chi connectivity index (χ4v) is 5.84. The number of hydrogen-bond acceptors (Lipinski definition) is 5. The molecule has 2 aromatic rings. The van der Waals surface area contributed by atoms with Gasteiger partial charge in [-0.1, -0.05) is 12.1 Å². The summed E-state index contributed by atoms with van der Waals surface area (Å²) in [5.74, 6) is -1.60. The van der Waals surface area contributed by atoms with Crippen LogP contribution in [0.15, 0.2) is 36.4 Å². The Balaban J connectivity index is 0.000000587. The monoisotopic (exact) mass is 583 g/mol. The maximum Gasteiger partial charge on any atom is 0.490 e. The Morgan fingerprint density at radius 2 is 1.73 bits per heavy atom. The fourth-order valence-electron chi connectivity index (χ4n) is 5.84. The second kappa shape index (κ2) is 13.0. The largest absolute Gasteiger partial charge is 0.493 e. The van der Waals surface area contributed by atoms with Gasteiger partial charge in [0.1, 0.15) is 5.82 Å². The SMILES string of the molecule is COc1ccc([C@@]23CC[C@@H](NC(=O)Nc4ccc(C)c(F)c4)C[C@@H]2N(C(C)C)CC3)cc1OC.O=C(O)C(F)(F)F. The molecule has 4 rings (SSSR count). The Kier molecular flexibility index (Phi) is 10.1. The number of likely N-dealkylation sites (tertiary alicyclic amines) is 1. The van der Waals surface area contributed by atoms with Gasteiger partial charge in [-0.3, -0.25) is 4.90 Å². The number of methoxy groups -OCH3 is 2. The number of hydrogen-bond donors (Lipinski definition) is 3. The van der Waals surface area contributed by atoms with E-state index >= 15 is 0 Å². The Bertz CT molecular complexity index is 1240. The second-order valence-corrected chi connectivity index (χ2v) is 10.7. The summed E-state index contributed by atoms with van der Waals surface area (Å²) in [4.78, 5) is 24.2. The smallest absolute Gasteiger partial charge is 0.490 e. The number of aliphatic carboxylic acids is 1. The van der Waals surface area contributed by atoms with E-state index < -0.39 is 12.1 Å². The molecule has 0 bridgehead atoms. The van der Waals surface area contributed by atoms with Crippen molar-refractivity contribution < 1.29 is 41.7 Å². The molecule has 0 spiro atoms. The molecule has 1 saturated carbocycles.